The van der Waals surface area contributed by atoms with Gasteiger partial charge in [-0.15, -0.1) is 0 Å². The summed E-state index contributed by atoms with van der Waals surface area (Å²) in [6, 6.07) is 4.33. The molecule has 0 bridgehead atoms. The lowest BCUT2D eigenvalue weighted by Gasteiger charge is -2.16. The van der Waals surface area contributed by atoms with Crippen LogP contribution < -0.4 is 5.32 Å². The topological polar surface area (TPSA) is 37.8 Å². The zero-order valence-corrected chi connectivity index (χ0v) is 12.2. The van der Waals surface area contributed by atoms with E-state index in [1.54, 1.807) is 0 Å². The molecule has 0 spiro atoms. The fraction of sp³-hybridized carbons (Fsp3) is 0.529. The first-order valence-corrected chi connectivity index (χ1v) is 7.80. The second kappa shape index (κ2) is 6.31. The number of rotatable bonds is 3. The Labute approximate surface area is 120 Å². The highest BCUT2D eigenvalue weighted by atomic mass is 14.8. The summed E-state index contributed by atoms with van der Waals surface area (Å²) in [7, 11) is 0. The van der Waals surface area contributed by atoms with Gasteiger partial charge in [-0.1, -0.05) is 6.92 Å². The number of aromatic nitrogens is 2. The van der Waals surface area contributed by atoms with Gasteiger partial charge in [0.1, 0.15) is 0 Å². The van der Waals surface area contributed by atoms with E-state index in [4.69, 9.17) is 4.98 Å². The molecule has 3 heteroatoms. The van der Waals surface area contributed by atoms with E-state index in [-0.39, 0.29) is 0 Å². The highest BCUT2D eigenvalue weighted by Crippen LogP contribution is 2.25. The summed E-state index contributed by atoms with van der Waals surface area (Å²) in [4.78, 5) is 9.00. The van der Waals surface area contributed by atoms with Crippen LogP contribution in [0.2, 0.25) is 0 Å². The van der Waals surface area contributed by atoms with Crippen LogP contribution in [-0.2, 0) is 12.8 Å². The first kappa shape index (κ1) is 13.5. The normalized spacial score (nSPS) is 19.9. The molecule has 20 heavy (non-hydrogen) atoms. The third-order valence-electron chi connectivity index (χ3n) is 4.32. The summed E-state index contributed by atoms with van der Waals surface area (Å²) in [5.74, 6) is 0.792. The second-order valence-electron chi connectivity index (χ2n) is 5.77. The van der Waals surface area contributed by atoms with Gasteiger partial charge in [0.25, 0.3) is 0 Å². The first-order valence-electron chi connectivity index (χ1n) is 7.80. The summed E-state index contributed by atoms with van der Waals surface area (Å²) >= 11 is 0. The van der Waals surface area contributed by atoms with Crippen molar-refractivity contribution in [3.05, 3.63) is 35.8 Å². The molecule has 0 radical (unpaired) electrons. The molecular formula is C17H23N3. The number of hydrogen-bond donors (Lipinski definition) is 1. The van der Waals surface area contributed by atoms with Gasteiger partial charge in [-0.25, -0.2) is 0 Å². The van der Waals surface area contributed by atoms with E-state index in [1.165, 1.54) is 48.9 Å². The summed E-state index contributed by atoms with van der Waals surface area (Å²) < 4.78 is 0. The van der Waals surface area contributed by atoms with Crippen molar-refractivity contribution >= 4 is 10.9 Å². The van der Waals surface area contributed by atoms with Gasteiger partial charge in [0.2, 0.25) is 0 Å². The van der Waals surface area contributed by atoms with Crippen molar-refractivity contribution in [3.8, 4) is 0 Å². The number of fused-ring (bicyclic) bond motifs is 1. The molecule has 2 aromatic heterocycles. The molecule has 3 rings (SSSR count). The molecule has 0 aromatic carbocycles. The van der Waals surface area contributed by atoms with Crippen molar-refractivity contribution in [1.29, 1.82) is 0 Å². The Kier molecular flexibility index (Phi) is 4.26. The zero-order chi connectivity index (χ0) is 13.8. The predicted molar refractivity (Wildman–Crippen MR) is 82.8 cm³/mol. The maximum atomic E-state index is 4.71. The molecule has 0 aliphatic carbocycles. The SMILES string of the molecule is CCc1cc(C[C@@H]2CCCNCC2)c2cnccc2n1. The van der Waals surface area contributed by atoms with E-state index in [2.05, 4.69) is 23.3 Å². The van der Waals surface area contributed by atoms with Gasteiger partial charge in [-0.3, -0.25) is 9.97 Å². The highest BCUT2D eigenvalue weighted by Gasteiger charge is 2.15. The fourth-order valence-corrected chi connectivity index (χ4v) is 3.15. The van der Waals surface area contributed by atoms with Crippen LogP contribution in [0.25, 0.3) is 10.9 Å². The summed E-state index contributed by atoms with van der Waals surface area (Å²) in [5.41, 5.74) is 3.73. The van der Waals surface area contributed by atoms with E-state index < -0.39 is 0 Å². The molecule has 1 saturated heterocycles. The Morgan fingerprint density at radius 3 is 3.15 bits per heavy atom. The highest BCUT2D eigenvalue weighted by molar-refractivity contribution is 5.81. The van der Waals surface area contributed by atoms with Gasteiger partial charge in [0, 0.05) is 23.5 Å². The lowest BCUT2D eigenvalue weighted by molar-refractivity contribution is 0.471. The minimum absolute atomic E-state index is 0.792. The third kappa shape index (κ3) is 2.98. The van der Waals surface area contributed by atoms with Gasteiger partial charge < -0.3 is 5.32 Å². The van der Waals surface area contributed by atoms with Crippen molar-refractivity contribution in [2.45, 2.75) is 39.0 Å². The van der Waals surface area contributed by atoms with Crippen LogP contribution in [0, 0.1) is 5.92 Å². The van der Waals surface area contributed by atoms with Crippen LogP contribution in [0.3, 0.4) is 0 Å². The Hall–Kier alpha value is -1.48. The molecule has 1 aliphatic heterocycles. The standard InChI is InChI=1S/C17H23N3/c1-2-15-11-14(10-13-4-3-7-18-8-5-13)16-12-19-9-6-17(16)20-15/h6,9,11-13,18H,2-5,7-8,10H2,1H3/t13-/m1/s1. The molecular weight excluding hydrogens is 246 g/mol. The van der Waals surface area contributed by atoms with Crippen LogP contribution in [0.1, 0.15) is 37.4 Å². The van der Waals surface area contributed by atoms with Crippen molar-refractivity contribution < 1.29 is 0 Å². The smallest absolute Gasteiger partial charge is 0.0738 e. The lowest BCUT2D eigenvalue weighted by atomic mass is 9.91. The number of aryl methyl sites for hydroxylation is 1. The van der Waals surface area contributed by atoms with E-state index >= 15 is 0 Å². The molecule has 1 fully saturated rings. The van der Waals surface area contributed by atoms with Crippen molar-refractivity contribution in [3.63, 3.8) is 0 Å². The van der Waals surface area contributed by atoms with E-state index in [0.29, 0.717) is 0 Å². The van der Waals surface area contributed by atoms with Crippen molar-refractivity contribution in [2.24, 2.45) is 5.92 Å². The number of nitrogens with zero attached hydrogens (tertiary/aromatic N) is 2. The lowest BCUT2D eigenvalue weighted by Crippen LogP contribution is -2.14. The van der Waals surface area contributed by atoms with E-state index in [1.807, 2.05) is 18.5 Å². The average Bonchev–Trinajstić information content (AvgIpc) is 2.75. The van der Waals surface area contributed by atoms with Crippen LogP contribution in [0.5, 0.6) is 0 Å². The molecule has 2 aromatic rings. The Balaban J connectivity index is 1.92. The maximum Gasteiger partial charge on any atom is 0.0738 e. The van der Waals surface area contributed by atoms with Crippen molar-refractivity contribution in [1.82, 2.24) is 15.3 Å². The molecule has 0 amide bonds. The van der Waals surface area contributed by atoms with Crippen molar-refractivity contribution in [2.75, 3.05) is 13.1 Å². The van der Waals surface area contributed by atoms with E-state index in [0.717, 1.165) is 24.4 Å². The van der Waals surface area contributed by atoms with Gasteiger partial charge in [0.15, 0.2) is 0 Å². The fourth-order valence-electron chi connectivity index (χ4n) is 3.15. The quantitative estimate of drug-likeness (QED) is 0.930. The maximum absolute atomic E-state index is 4.71. The van der Waals surface area contributed by atoms with Gasteiger partial charge in [-0.2, -0.15) is 0 Å². The zero-order valence-electron chi connectivity index (χ0n) is 12.2. The van der Waals surface area contributed by atoms with Gasteiger partial charge in [0.05, 0.1) is 5.52 Å². The molecule has 1 aliphatic rings. The Bertz CT molecular complexity index is 571. The van der Waals surface area contributed by atoms with Gasteiger partial charge in [-0.05, 0) is 68.8 Å². The molecule has 106 valence electrons. The largest absolute Gasteiger partial charge is 0.317 e. The van der Waals surface area contributed by atoms with Crippen LogP contribution >= 0.6 is 0 Å². The summed E-state index contributed by atoms with van der Waals surface area (Å²) in [6.45, 7) is 4.51. The monoisotopic (exact) mass is 269 g/mol. The molecule has 3 heterocycles. The number of pyridine rings is 2. The third-order valence-corrected chi connectivity index (χ3v) is 4.32. The molecule has 3 nitrogen and oxygen atoms in total. The molecule has 1 atom stereocenters. The van der Waals surface area contributed by atoms with Crippen LogP contribution in [0.15, 0.2) is 24.5 Å². The second-order valence-corrected chi connectivity index (χ2v) is 5.77. The minimum atomic E-state index is 0.792. The Morgan fingerprint density at radius 2 is 2.25 bits per heavy atom. The Morgan fingerprint density at radius 1 is 1.30 bits per heavy atom. The first-order chi connectivity index (χ1) is 9.86. The summed E-state index contributed by atoms with van der Waals surface area (Å²) in [6.07, 6.45) is 9.90. The predicted octanol–water partition coefficient (Wildman–Crippen LogP) is 3.12. The molecule has 1 N–H and O–H groups in total. The van der Waals surface area contributed by atoms with Crippen LogP contribution in [0.4, 0.5) is 0 Å². The van der Waals surface area contributed by atoms with E-state index in [9.17, 15) is 0 Å². The average molecular weight is 269 g/mol. The number of nitrogens with one attached hydrogen (secondary N) is 1. The van der Waals surface area contributed by atoms with Gasteiger partial charge >= 0.3 is 0 Å². The summed E-state index contributed by atoms with van der Waals surface area (Å²) in [5, 5.41) is 4.74. The number of hydrogen-bond acceptors (Lipinski definition) is 3. The minimum Gasteiger partial charge on any atom is -0.317 e. The van der Waals surface area contributed by atoms with Crippen LogP contribution in [-0.4, -0.2) is 23.1 Å². The molecule has 0 unspecified atom stereocenters. The molecule has 0 saturated carbocycles.